The second-order valence-electron chi connectivity index (χ2n) is 11.3. The molecule has 1 N–H and O–H groups in total. The molecule has 1 fully saturated rings. The number of anilines is 1. The van der Waals surface area contributed by atoms with Gasteiger partial charge in [0.15, 0.2) is 4.34 Å². The Morgan fingerprint density at radius 1 is 1.02 bits per heavy atom. The molecule has 0 saturated carbocycles. The van der Waals surface area contributed by atoms with Crippen molar-refractivity contribution in [2.45, 2.75) is 42.2 Å². The van der Waals surface area contributed by atoms with Gasteiger partial charge in [-0.05, 0) is 71.6 Å². The number of fused-ring (bicyclic) bond motifs is 1. The van der Waals surface area contributed by atoms with Crippen LogP contribution in [0.2, 0.25) is 10.0 Å². The Kier molecular flexibility index (Phi) is 9.15. The summed E-state index contributed by atoms with van der Waals surface area (Å²) in [6, 6.07) is 26.5. The Hall–Kier alpha value is -4.35. The number of nitrogens with zero attached hydrogens (tertiary/aromatic N) is 3. The number of halogens is 2. The SMILES string of the molecule is CC1Cc2cc(/C(O)=C3\C(=O)C(=O)N(c4nnc(SCc5ccc(Cl)cc5Cl)s4)C3c3ccc(OCc4ccccc4)cc3)ccc2O1. The molecular formula is C36H27Cl2N3O5S2. The molecule has 0 radical (unpaired) electrons. The van der Waals surface area contributed by atoms with E-state index in [1.54, 1.807) is 54.6 Å². The van der Waals surface area contributed by atoms with E-state index in [1.165, 1.54) is 28.0 Å². The Morgan fingerprint density at radius 2 is 1.81 bits per heavy atom. The van der Waals surface area contributed by atoms with Crippen LogP contribution in [0.3, 0.4) is 0 Å². The van der Waals surface area contributed by atoms with Gasteiger partial charge in [0.25, 0.3) is 5.78 Å². The second-order valence-corrected chi connectivity index (χ2v) is 14.4. The third-order valence-electron chi connectivity index (χ3n) is 8.03. The van der Waals surface area contributed by atoms with Crippen LogP contribution in [-0.4, -0.2) is 33.1 Å². The minimum Gasteiger partial charge on any atom is -0.507 e. The number of ketones is 1. The normalized spacial score (nSPS) is 18.2. The van der Waals surface area contributed by atoms with E-state index in [0.29, 0.717) is 50.0 Å². The lowest BCUT2D eigenvalue weighted by atomic mass is 9.94. The molecule has 1 saturated heterocycles. The quantitative estimate of drug-likeness (QED) is 0.0532. The maximum absolute atomic E-state index is 13.7. The van der Waals surface area contributed by atoms with Crippen molar-refractivity contribution in [2.24, 2.45) is 0 Å². The minimum atomic E-state index is -0.965. The number of ether oxygens (including phenoxy) is 2. The molecule has 8 nitrogen and oxygen atoms in total. The predicted octanol–water partition coefficient (Wildman–Crippen LogP) is 8.67. The number of carbonyl (C=O) groups excluding carboxylic acids is 2. The van der Waals surface area contributed by atoms with Crippen molar-refractivity contribution in [3.05, 3.63) is 134 Å². The molecule has 2 atom stereocenters. The first-order valence-electron chi connectivity index (χ1n) is 15.0. The molecule has 1 aromatic heterocycles. The zero-order chi connectivity index (χ0) is 33.4. The number of Topliss-reactive ketones (excluding diaryl/α,β-unsaturated/α-hetero) is 1. The first-order chi connectivity index (χ1) is 23.2. The fraction of sp³-hybridized carbons (Fsp3) is 0.167. The summed E-state index contributed by atoms with van der Waals surface area (Å²) in [4.78, 5) is 28.8. The molecule has 0 bridgehead atoms. The van der Waals surface area contributed by atoms with E-state index in [0.717, 1.165) is 22.4 Å². The monoisotopic (exact) mass is 715 g/mol. The molecule has 5 aromatic rings. The number of hydrogen-bond acceptors (Lipinski definition) is 9. The minimum absolute atomic E-state index is 0.00536. The Balaban J connectivity index is 1.23. The van der Waals surface area contributed by atoms with Crippen molar-refractivity contribution in [3.8, 4) is 11.5 Å². The fourth-order valence-electron chi connectivity index (χ4n) is 5.69. The molecule has 7 rings (SSSR count). The van der Waals surface area contributed by atoms with E-state index in [1.807, 2.05) is 43.3 Å². The van der Waals surface area contributed by atoms with E-state index in [-0.39, 0.29) is 22.6 Å². The lowest BCUT2D eigenvalue weighted by Gasteiger charge is -2.23. The molecule has 4 aromatic carbocycles. The summed E-state index contributed by atoms with van der Waals surface area (Å²) in [6.07, 6.45) is 0.677. The summed E-state index contributed by atoms with van der Waals surface area (Å²) in [7, 11) is 0. The number of amides is 1. The van der Waals surface area contributed by atoms with Crippen molar-refractivity contribution in [1.29, 1.82) is 0 Å². The van der Waals surface area contributed by atoms with Gasteiger partial charge in [0.05, 0.1) is 11.6 Å². The Labute approximate surface area is 294 Å². The first kappa shape index (κ1) is 32.2. The highest BCUT2D eigenvalue weighted by molar-refractivity contribution is 8.00. The molecule has 2 aliphatic rings. The molecule has 0 aliphatic carbocycles. The van der Waals surface area contributed by atoms with E-state index in [9.17, 15) is 14.7 Å². The van der Waals surface area contributed by atoms with Crippen LogP contribution in [0.25, 0.3) is 5.76 Å². The van der Waals surface area contributed by atoms with Gasteiger partial charge in [-0.2, -0.15) is 0 Å². The number of aromatic nitrogens is 2. The van der Waals surface area contributed by atoms with Gasteiger partial charge in [-0.3, -0.25) is 14.5 Å². The number of aliphatic hydroxyl groups is 1. The van der Waals surface area contributed by atoms with Gasteiger partial charge in [0.2, 0.25) is 5.13 Å². The van der Waals surface area contributed by atoms with Gasteiger partial charge >= 0.3 is 5.91 Å². The maximum atomic E-state index is 13.7. The van der Waals surface area contributed by atoms with Gasteiger partial charge in [0, 0.05) is 27.8 Å². The van der Waals surface area contributed by atoms with Crippen molar-refractivity contribution in [1.82, 2.24) is 10.2 Å². The number of carbonyl (C=O) groups is 2. The molecule has 48 heavy (non-hydrogen) atoms. The molecule has 1 amide bonds. The maximum Gasteiger partial charge on any atom is 0.301 e. The molecular weight excluding hydrogens is 689 g/mol. The van der Waals surface area contributed by atoms with Crippen LogP contribution in [0.1, 0.15) is 40.8 Å². The van der Waals surface area contributed by atoms with Crippen LogP contribution in [0.4, 0.5) is 5.13 Å². The number of benzene rings is 4. The average molecular weight is 717 g/mol. The number of thioether (sulfide) groups is 1. The largest absolute Gasteiger partial charge is 0.507 e. The van der Waals surface area contributed by atoms with Gasteiger partial charge in [0.1, 0.15) is 30.0 Å². The average Bonchev–Trinajstić information content (AvgIpc) is 3.78. The highest BCUT2D eigenvalue weighted by Gasteiger charge is 2.48. The highest BCUT2D eigenvalue weighted by Crippen LogP contribution is 2.45. The predicted molar refractivity (Wildman–Crippen MR) is 188 cm³/mol. The number of hydrogen-bond donors (Lipinski definition) is 1. The Bertz CT molecular complexity index is 2050. The third kappa shape index (κ3) is 6.53. The highest BCUT2D eigenvalue weighted by atomic mass is 35.5. The smallest absolute Gasteiger partial charge is 0.301 e. The summed E-state index contributed by atoms with van der Waals surface area (Å²) < 4.78 is 12.4. The van der Waals surface area contributed by atoms with E-state index < -0.39 is 17.7 Å². The van der Waals surface area contributed by atoms with Gasteiger partial charge < -0.3 is 14.6 Å². The Morgan fingerprint density at radius 3 is 2.58 bits per heavy atom. The summed E-state index contributed by atoms with van der Waals surface area (Å²) in [5.74, 6) is -0.0486. The van der Waals surface area contributed by atoms with Crippen LogP contribution >= 0.6 is 46.3 Å². The lowest BCUT2D eigenvalue weighted by Crippen LogP contribution is -2.29. The molecule has 12 heteroatoms. The molecule has 242 valence electrons. The van der Waals surface area contributed by atoms with E-state index >= 15 is 0 Å². The van der Waals surface area contributed by atoms with Gasteiger partial charge in [-0.1, -0.05) is 94.8 Å². The van der Waals surface area contributed by atoms with Crippen LogP contribution < -0.4 is 14.4 Å². The second kappa shape index (κ2) is 13.6. The zero-order valence-corrected chi connectivity index (χ0v) is 28.6. The lowest BCUT2D eigenvalue weighted by molar-refractivity contribution is -0.132. The summed E-state index contributed by atoms with van der Waals surface area (Å²) in [6.45, 7) is 2.35. The van der Waals surface area contributed by atoms with Crippen molar-refractivity contribution in [2.75, 3.05) is 4.90 Å². The van der Waals surface area contributed by atoms with E-state index in [4.69, 9.17) is 32.7 Å². The molecule has 2 aliphatic heterocycles. The number of aliphatic hydroxyl groups excluding tert-OH is 1. The van der Waals surface area contributed by atoms with Crippen molar-refractivity contribution in [3.63, 3.8) is 0 Å². The van der Waals surface area contributed by atoms with Crippen LogP contribution in [0, 0.1) is 0 Å². The summed E-state index contributed by atoms with van der Waals surface area (Å²) >= 11 is 15.0. The van der Waals surface area contributed by atoms with Crippen LogP contribution in [0.15, 0.2) is 101 Å². The molecule has 0 spiro atoms. The third-order valence-corrected chi connectivity index (χ3v) is 10.7. The standard InChI is InChI=1S/C36H27Cl2N3O5S2/c1-20-15-25-16-23(10-14-29(25)46-20)32(42)30-31(22-8-12-27(13-9-22)45-18-21-5-3-2-4-6-21)41(34(44)33(30)43)35-39-40-36(48-35)47-19-24-7-11-26(37)17-28(24)38/h2-14,16-17,20,31,42H,15,18-19H2,1H3/b32-30+. The summed E-state index contributed by atoms with van der Waals surface area (Å²) in [5, 5.41) is 21.6. The molecule has 2 unspecified atom stereocenters. The van der Waals surface area contributed by atoms with E-state index in [2.05, 4.69) is 10.2 Å². The topological polar surface area (TPSA) is 102 Å². The van der Waals surface area contributed by atoms with Crippen molar-refractivity contribution < 1.29 is 24.2 Å². The molecule has 3 heterocycles. The fourth-order valence-corrected chi connectivity index (χ4v) is 8.12. The van der Waals surface area contributed by atoms with Gasteiger partial charge in [-0.25, -0.2) is 0 Å². The van der Waals surface area contributed by atoms with Crippen LogP contribution in [-0.2, 0) is 28.4 Å². The zero-order valence-electron chi connectivity index (χ0n) is 25.4. The van der Waals surface area contributed by atoms with Gasteiger partial charge in [-0.15, -0.1) is 10.2 Å². The number of rotatable bonds is 9. The van der Waals surface area contributed by atoms with Crippen molar-refractivity contribution >= 4 is 68.9 Å². The summed E-state index contributed by atoms with van der Waals surface area (Å²) in [5.41, 5.74) is 3.79. The van der Waals surface area contributed by atoms with Crippen LogP contribution in [0.5, 0.6) is 11.5 Å². The first-order valence-corrected chi connectivity index (χ1v) is 17.6.